The Bertz CT molecular complexity index is 1060. The van der Waals surface area contributed by atoms with Gasteiger partial charge in [0.1, 0.15) is 6.54 Å². The Labute approximate surface area is 187 Å². The van der Waals surface area contributed by atoms with Crippen LogP contribution in [0.5, 0.6) is 0 Å². The topological polar surface area (TPSA) is 108 Å². The molecule has 2 heterocycles. The third-order valence-corrected chi connectivity index (χ3v) is 5.41. The van der Waals surface area contributed by atoms with E-state index in [1.54, 1.807) is 4.90 Å². The van der Waals surface area contributed by atoms with Crippen LogP contribution >= 0.6 is 0 Å². The van der Waals surface area contributed by atoms with E-state index in [0.717, 1.165) is 11.3 Å². The summed E-state index contributed by atoms with van der Waals surface area (Å²) in [5.41, 5.74) is 0.848. The second kappa shape index (κ2) is 10.9. The van der Waals surface area contributed by atoms with Crippen molar-refractivity contribution in [2.45, 2.75) is 39.8 Å². The standard InChI is InChI=1S/C23H31N5O4/c1-17(2)14-21(30)28-11-5-10-26(13-9-24-15-18-6-3-4-7-19(18)28)22(31)16-27-12-8-20(29)25-23(27)32/h3-4,6-8,12,17,24H,5,9-11,13-16H2,1-2H3,(H,25,29,32). The van der Waals surface area contributed by atoms with Crippen LogP contribution in [0.2, 0.25) is 0 Å². The van der Waals surface area contributed by atoms with Gasteiger partial charge in [-0.2, -0.15) is 0 Å². The lowest BCUT2D eigenvalue weighted by atomic mass is 10.1. The fraction of sp³-hybridized carbons (Fsp3) is 0.478. The van der Waals surface area contributed by atoms with E-state index < -0.39 is 11.2 Å². The number of rotatable bonds is 4. The molecule has 0 aliphatic carbocycles. The molecule has 0 bridgehead atoms. The van der Waals surface area contributed by atoms with Crippen molar-refractivity contribution < 1.29 is 9.59 Å². The molecular formula is C23H31N5O4. The molecule has 172 valence electrons. The van der Waals surface area contributed by atoms with E-state index in [1.165, 1.54) is 16.8 Å². The average Bonchev–Trinajstić information content (AvgIpc) is 2.78. The van der Waals surface area contributed by atoms with Crippen molar-refractivity contribution in [1.29, 1.82) is 0 Å². The van der Waals surface area contributed by atoms with E-state index in [4.69, 9.17) is 0 Å². The third kappa shape index (κ3) is 6.16. The van der Waals surface area contributed by atoms with Gasteiger partial charge in [-0.1, -0.05) is 32.0 Å². The molecule has 9 heteroatoms. The van der Waals surface area contributed by atoms with Crippen LogP contribution in [0, 0.1) is 5.92 Å². The number of benzene rings is 1. The number of carbonyl (C=O) groups excluding carboxylic acids is 2. The van der Waals surface area contributed by atoms with Gasteiger partial charge in [0.05, 0.1) is 0 Å². The maximum Gasteiger partial charge on any atom is 0.328 e. The van der Waals surface area contributed by atoms with Gasteiger partial charge in [0.15, 0.2) is 0 Å². The van der Waals surface area contributed by atoms with Gasteiger partial charge >= 0.3 is 5.69 Å². The van der Waals surface area contributed by atoms with Gasteiger partial charge in [-0.3, -0.25) is 23.9 Å². The number of anilines is 1. The van der Waals surface area contributed by atoms with Gasteiger partial charge < -0.3 is 15.1 Å². The molecule has 0 saturated heterocycles. The maximum absolute atomic E-state index is 13.0. The number of para-hydroxylation sites is 1. The molecule has 0 radical (unpaired) electrons. The summed E-state index contributed by atoms with van der Waals surface area (Å²) in [6.45, 7) is 6.53. The predicted octanol–water partition coefficient (Wildman–Crippen LogP) is 0.938. The van der Waals surface area contributed by atoms with Crippen molar-refractivity contribution in [1.82, 2.24) is 19.8 Å². The Morgan fingerprint density at radius 2 is 1.81 bits per heavy atom. The fourth-order valence-corrected chi connectivity index (χ4v) is 3.79. The molecule has 9 nitrogen and oxygen atoms in total. The van der Waals surface area contributed by atoms with Crippen LogP contribution in [-0.2, 0) is 22.7 Å². The van der Waals surface area contributed by atoms with Gasteiger partial charge in [0.2, 0.25) is 11.8 Å². The number of hydrogen-bond donors (Lipinski definition) is 2. The minimum atomic E-state index is -0.609. The van der Waals surface area contributed by atoms with E-state index in [2.05, 4.69) is 10.3 Å². The second-order valence-electron chi connectivity index (χ2n) is 8.42. The van der Waals surface area contributed by atoms with Crippen molar-refractivity contribution in [2.75, 3.05) is 31.1 Å². The molecule has 1 aliphatic heterocycles. The van der Waals surface area contributed by atoms with E-state index in [0.29, 0.717) is 45.6 Å². The van der Waals surface area contributed by atoms with E-state index >= 15 is 0 Å². The van der Waals surface area contributed by atoms with Crippen molar-refractivity contribution in [3.8, 4) is 0 Å². The summed E-state index contributed by atoms with van der Waals surface area (Å²) >= 11 is 0. The first-order valence-electron chi connectivity index (χ1n) is 11.0. The molecule has 0 fully saturated rings. The van der Waals surface area contributed by atoms with Gasteiger partial charge in [0, 0.05) is 57.1 Å². The number of H-pyrrole nitrogens is 1. The highest BCUT2D eigenvalue weighted by Gasteiger charge is 2.22. The predicted molar refractivity (Wildman–Crippen MR) is 122 cm³/mol. The van der Waals surface area contributed by atoms with Crippen LogP contribution in [0.1, 0.15) is 32.3 Å². The zero-order chi connectivity index (χ0) is 23.1. The number of nitrogens with zero attached hydrogens (tertiary/aromatic N) is 3. The first-order chi connectivity index (χ1) is 15.3. The van der Waals surface area contributed by atoms with Crippen LogP contribution in [-0.4, -0.2) is 52.4 Å². The Morgan fingerprint density at radius 1 is 1.03 bits per heavy atom. The maximum atomic E-state index is 13.0. The molecule has 0 spiro atoms. The van der Waals surface area contributed by atoms with Crippen LogP contribution in [0.15, 0.2) is 46.1 Å². The van der Waals surface area contributed by atoms with Gasteiger partial charge in [-0.15, -0.1) is 0 Å². The molecule has 2 amide bonds. The smallest absolute Gasteiger partial charge is 0.328 e. The molecule has 1 aromatic carbocycles. The third-order valence-electron chi connectivity index (χ3n) is 5.41. The van der Waals surface area contributed by atoms with Gasteiger partial charge in [-0.25, -0.2) is 4.79 Å². The van der Waals surface area contributed by atoms with E-state index in [1.807, 2.05) is 43.0 Å². The molecule has 1 aromatic heterocycles. The molecular weight excluding hydrogens is 410 g/mol. The zero-order valence-electron chi connectivity index (χ0n) is 18.7. The normalized spacial score (nSPS) is 15.2. The lowest BCUT2D eigenvalue weighted by molar-refractivity contribution is -0.131. The van der Waals surface area contributed by atoms with Crippen molar-refractivity contribution in [2.24, 2.45) is 5.92 Å². The number of aromatic amines is 1. The minimum absolute atomic E-state index is 0.0735. The summed E-state index contributed by atoms with van der Waals surface area (Å²) in [7, 11) is 0. The van der Waals surface area contributed by atoms with Crippen molar-refractivity contribution in [3.05, 3.63) is 62.9 Å². The Morgan fingerprint density at radius 3 is 2.56 bits per heavy atom. The summed E-state index contributed by atoms with van der Waals surface area (Å²) in [6, 6.07) is 9.10. The highest BCUT2D eigenvalue weighted by molar-refractivity contribution is 5.94. The zero-order valence-corrected chi connectivity index (χ0v) is 18.7. The minimum Gasteiger partial charge on any atom is -0.340 e. The monoisotopic (exact) mass is 441 g/mol. The van der Waals surface area contributed by atoms with Crippen LogP contribution < -0.4 is 21.5 Å². The Hall–Kier alpha value is -3.20. The molecule has 2 N–H and O–H groups in total. The second-order valence-corrected chi connectivity index (χ2v) is 8.42. The summed E-state index contributed by atoms with van der Waals surface area (Å²) in [6.07, 6.45) is 2.40. The number of fused-ring (bicyclic) bond motifs is 1. The van der Waals surface area contributed by atoms with Crippen LogP contribution in [0.3, 0.4) is 0 Å². The first-order valence-corrected chi connectivity index (χ1v) is 11.0. The van der Waals surface area contributed by atoms with Crippen molar-refractivity contribution >= 4 is 17.5 Å². The summed E-state index contributed by atoms with van der Waals surface area (Å²) in [5, 5.41) is 3.36. The first kappa shape index (κ1) is 23.5. The SMILES string of the molecule is CC(C)CC(=O)N1CCCN(C(=O)Cn2ccc(=O)[nH]c2=O)CCNCc2ccccc21. The lowest BCUT2D eigenvalue weighted by Crippen LogP contribution is -2.42. The van der Waals surface area contributed by atoms with Gasteiger partial charge in [-0.05, 0) is 24.0 Å². The van der Waals surface area contributed by atoms with E-state index in [9.17, 15) is 19.2 Å². The Balaban J connectivity index is 1.76. The molecule has 0 atom stereocenters. The number of carbonyl (C=O) groups is 2. The molecule has 32 heavy (non-hydrogen) atoms. The largest absolute Gasteiger partial charge is 0.340 e. The fourth-order valence-electron chi connectivity index (χ4n) is 3.79. The number of aromatic nitrogens is 2. The lowest BCUT2D eigenvalue weighted by Gasteiger charge is -2.27. The molecule has 0 saturated carbocycles. The summed E-state index contributed by atoms with van der Waals surface area (Å²) in [5.74, 6) is 0.113. The molecule has 2 aromatic rings. The molecule has 0 unspecified atom stereocenters. The number of hydrogen-bond acceptors (Lipinski definition) is 5. The van der Waals surface area contributed by atoms with Gasteiger partial charge in [0.25, 0.3) is 5.56 Å². The van der Waals surface area contributed by atoms with Crippen molar-refractivity contribution in [3.63, 3.8) is 0 Å². The number of nitrogens with one attached hydrogen (secondary N) is 2. The average molecular weight is 442 g/mol. The van der Waals surface area contributed by atoms with Crippen LogP contribution in [0.25, 0.3) is 0 Å². The van der Waals surface area contributed by atoms with E-state index in [-0.39, 0.29) is 24.3 Å². The number of amides is 2. The quantitative estimate of drug-likeness (QED) is 0.734. The molecule has 1 aliphatic rings. The van der Waals surface area contributed by atoms with Crippen LogP contribution in [0.4, 0.5) is 5.69 Å². The highest BCUT2D eigenvalue weighted by atomic mass is 16.2. The Kier molecular flexibility index (Phi) is 7.99. The summed E-state index contributed by atoms with van der Waals surface area (Å²) < 4.78 is 1.19. The summed E-state index contributed by atoms with van der Waals surface area (Å²) in [4.78, 5) is 54.8. The molecule has 3 rings (SSSR count). The highest BCUT2D eigenvalue weighted by Crippen LogP contribution is 2.23.